The number of rotatable bonds is 3. The van der Waals surface area contributed by atoms with E-state index in [2.05, 4.69) is 10.3 Å². The molecule has 1 aliphatic rings. The van der Waals surface area contributed by atoms with Crippen molar-refractivity contribution in [3.8, 4) is 0 Å². The number of hydrogen-bond donors (Lipinski definition) is 2. The van der Waals surface area contributed by atoms with E-state index in [1.165, 1.54) is 0 Å². The summed E-state index contributed by atoms with van der Waals surface area (Å²) in [7, 11) is 0. The molecule has 1 saturated carbocycles. The predicted octanol–water partition coefficient (Wildman–Crippen LogP) is 1.92. The molecular weight excluding hydrogens is 311 g/mol. The minimum Gasteiger partial charge on any atom is -0.352 e. The van der Waals surface area contributed by atoms with Crippen LogP contribution in [0.2, 0.25) is 0 Å². The van der Waals surface area contributed by atoms with E-state index in [9.17, 15) is 4.79 Å². The largest absolute Gasteiger partial charge is 0.352 e. The SMILES string of the molecule is Cl.Cl.NC1CCC(C(=O)NCc2ccn3ccnc3c2)C1. The van der Waals surface area contributed by atoms with Gasteiger partial charge in [0.25, 0.3) is 0 Å². The van der Waals surface area contributed by atoms with Crippen molar-refractivity contribution in [3.63, 3.8) is 0 Å². The van der Waals surface area contributed by atoms with Crippen LogP contribution in [0.15, 0.2) is 30.7 Å². The van der Waals surface area contributed by atoms with E-state index in [4.69, 9.17) is 5.73 Å². The molecule has 3 rings (SSSR count). The van der Waals surface area contributed by atoms with Crippen LogP contribution in [0.1, 0.15) is 24.8 Å². The molecule has 2 unspecified atom stereocenters. The number of pyridine rings is 1. The topological polar surface area (TPSA) is 72.4 Å². The molecule has 0 aromatic carbocycles. The Bertz CT molecular complexity index is 601. The van der Waals surface area contributed by atoms with Crippen LogP contribution in [0.3, 0.4) is 0 Å². The Hall–Kier alpha value is -1.30. The second-order valence-electron chi connectivity index (χ2n) is 5.22. The van der Waals surface area contributed by atoms with Gasteiger partial charge in [-0.2, -0.15) is 0 Å². The fourth-order valence-electron chi connectivity index (χ4n) is 2.65. The fourth-order valence-corrected chi connectivity index (χ4v) is 2.65. The number of nitrogens with zero attached hydrogens (tertiary/aromatic N) is 2. The number of amides is 1. The summed E-state index contributed by atoms with van der Waals surface area (Å²) in [6, 6.07) is 4.17. The number of fused-ring (bicyclic) bond motifs is 1. The van der Waals surface area contributed by atoms with Crippen LogP contribution >= 0.6 is 24.8 Å². The van der Waals surface area contributed by atoms with Crippen LogP contribution < -0.4 is 11.1 Å². The van der Waals surface area contributed by atoms with E-state index >= 15 is 0 Å². The Balaban J connectivity index is 0.00000110. The van der Waals surface area contributed by atoms with Crippen LogP contribution in [0.25, 0.3) is 5.65 Å². The molecule has 0 aliphatic heterocycles. The monoisotopic (exact) mass is 330 g/mol. The summed E-state index contributed by atoms with van der Waals surface area (Å²) in [4.78, 5) is 16.2. The van der Waals surface area contributed by atoms with Gasteiger partial charge in [0.05, 0.1) is 0 Å². The number of hydrogen-bond acceptors (Lipinski definition) is 3. The summed E-state index contributed by atoms with van der Waals surface area (Å²) < 4.78 is 1.95. The molecule has 0 saturated heterocycles. The van der Waals surface area contributed by atoms with Crippen molar-refractivity contribution in [1.82, 2.24) is 14.7 Å². The van der Waals surface area contributed by atoms with E-state index < -0.39 is 0 Å². The van der Waals surface area contributed by atoms with Gasteiger partial charge in [0.15, 0.2) is 0 Å². The lowest BCUT2D eigenvalue weighted by atomic mass is 10.1. The fraction of sp³-hybridized carbons (Fsp3) is 0.429. The van der Waals surface area contributed by atoms with Crippen molar-refractivity contribution >= 4 is 36.4 Å². The lowest BCUT2D eigenvalue weighted by Crippen LogP contribution is -2.30. The maximum atomic E-state index is 12.0. The smallest absolute Gasteiger partial charge is 0.223 e. The highest BCUT2D eigenvalue weighted by Crippen LogP contribution is 2.24. The number of imidazole rings is 1. The van der Waals surface area contributed by atoms with E-state index in [1.807, 2.05) is 28.9 Å². The minimum atomic E-state index is 0. The van der Waals surface area contributed by atoms with Crippen LogP contribution in [-0.4, -0.2) is 21.3 Å². The maximum Gasteiger partial charge on any atom is 0.223 e. The molecule has 2 heterocycles. The standard InChI is InChI=1S/C14H18N4O.2ClH/c15-12-2-1-11(8-12)14(19)17-9-10-3-5-18-6-4-16-13(18)7-10;;/h3-7,11-12H,1-2,8-9,15H2,(H,17,19);2*1H. The van der Waals surface area contributed by atoms with Gasteiger partial charge in [-0.15, -0.1) is 24.8 Å². The highest BCUT2D eigenvalue weighted by molar-refractivity contribution is 5.85. The Morgan fingerprint density at radius 3 is 2.90 bits per heavy atom. The quantitative estimate of drug-likeness (QED) is 0.903. The number of nitrogens with two attached hydrogens (primary N) is 1. The average Bonchev–Trinajstić information content (AvgIpc) is 3.03. The lowest BCUT2D eigenvalue weighted by Gasteiger charge is -2.10. The van der Waals surface area contributed by atoms with Crippen molar-refractivity contribution in [2.24, 2.45) is 11.7 Å². The van der Waals surface area contributed by atoms with Crippen LogP contribution in [0.4, 0.5) is 0 Å². The molecule has 3 N–H and O–H groups in total. The number of halogens is 2. The molecule has 1 amide bonds. The molecule has 2 aromatic heterocycles. The first kappa shape index (κ1) is 17.8. The Kier molecular flexibility index (Phi) is 6.45. The summed E-state index contributed by atoms with van der Waals surface area (Å²) in [6.07, 6.45) is 8.29. The molecule has 0 radical (unpaired) electrons. The first-order valence-corrected chi connectivity index (χ1v) is 6.67. The first-order valence-electron chi connectivity index (χ1n) is 6.67. The molecule has 7 heteroatoms. The second-order valence-corrected chi connectivity index (χ2v) is 5.22. The average molecular weight is 331 g/mol. The lowest BCUT2D eigenvalue weighted by molar-refractivity contribution is -0.125. The minimum absolute atomic E-state index is 0. The van der Waals surface area contributed by atoms with Gasteiger partial charge in [0.1, 0.15) is 5.65 Å². The summed E-state index contributed by atoms with van der Waals surface area (Å²) in [6.45, 7) is 0.550. The second kappa shape index (κ2) is 7.64. The van der Waals surface area contributed by atoms with Crippen molar-refractivity contribution in [2.75, 3.05) is 0 Å². The molecule has 116 valence electrons. The molecule has 0 bridgehead atoms. The van der Waals surface area contributed by atoms with Gasteiger partial charge in [0.2, 0.25) is 5.91 Å². The summed E-state index contributed by atoms with van der Waals surface area (Å²) in [5.74, 6) is 0.210. The Morgan fingerprint density at radius 1 is 1.38 bits per heavy atom. The van der Waals surface area contributed by atoms with Gasteiger partial charge in [0, 0.05) is 37.1 Å². The van der Waals surface area contributed by atoms with Gasteiger partial charge < -0.3 is 15.5 Å². The van der Waals surface area contributed by atoms with E-state index in [1.54, 1.807) is 6.20 Å². The van der Waals surface area contributed by atoms with Gasteiger partial charge in [-0.05, 0) is 37.0 Å². The number of carbonyl (C=O) groups is 1. The molecule has 2 aromatic rings. The third kappa shape index (κ3) is 4.09. The molecule has 2 atom stereocenters. The Morgan fingerprint density at radius 2 is 2.19 bits per heavy atom. The van der Waals surface area contributed by atoms with Gasteiger partial charge in [-0.3, -0.25) is 4.79 Å². The van der Waals surface area contributed by atoms with Crippen molar-refractivity contribution in [3.05, 3.63) is 36.3 Å². The zero-order chi connectivity index (χ0) is 13.2. The highest BCUT2D eigenvalue weighted by Gasteiger charge is 2.27. The van der Waals surface area contributed by atoms with Crippen molar-refractivity contribution in [2.45, 2.75) is 31.8 Å². The predicted molar refractivity (Wildman–Crippen MR) is 86.9 cm³/mol. The Labute approximate surface area is 136 Å². The zero-order valence-electron chi connectivity index (χ0n) is 11.6. The maximum absolute atomic E-state index is 12.0. The third-order valence-corrected chi connectivity index (χ3v) is 3.77. The highest BCUT2D eigenvalue weighted by atomic mass is 35.5. The molecule has 1 fully saturated rings. The summed E-state index contributed by atoms with van der Waals surface area (Å²) in [5.41, 5.74) is 7.79. The normalized spacial score (nSPS) is 20.6. The van der Waals surface area contributed by atoms with Crippen molar-refractivity contribution in [1.29, 1.82) is 0 Å². The van der Waals surface area contributed by atoms with E-state index in [0.29, 0.717) is 6.54 Å². The van der Waals surface area contributed by atoms with Crippen LogP contribution in [-0.2, 0) is 11.3 Å². The number of nitrogens with one attached hydrogen (secondary N) is 1. The third-order valence-electron chi connectivity index (χ3n) is 3.77. The van der Waals surface area contributed by atoms with Crippen LogP contribution in [0.5, 0.6) is 0 Å². The summed E-state index contributed by atoms with van der Waals surface area (Å²) in [5, 5.41) is 2.99. The van der Waals surface area contributed by atoms with Crippen LogP contribution in [0, 0.1) is 5.92 Å². The van der Waals surface area contributed by atoms with E-state index in [0.717, 1.165) is 30.5 Å². The molecule has 1 aliphatic carbocycles. The number of carbonyl (C=O) groups excluding carboxylic acids is 1. The van der Waals surface area contributed by atoms with Gasteiger partial charge >= 0.3 is 0 Å². The van der Waals surface area contributed by atoms with Gasteiger partial charge in [-0.25, -0.2) is 4.98 Å². The molecular formula is C14H20Cl2N4O. The first-order chi connectivity index (χ1) is 9.22. The zero-order valence-corrected chi connectivity index (χ0v) is 13.2. The molecule has 21 heavy (non-hydrogen) atoms. The number of aromatic nitrogens is 2. The van der Waals surface area contributed by atoms with Crippen molar-refractivity contribution < 1.29 is 4.79 Å². The molecule has 5 nitrogen and oxygen atoms in total. The van der Waals surface area contributed by atoms with Gasteiger partial charge in [-0.1, -0.05) is 0 Å². The summed E-state index contributed by atoms with van der Waals surface area (Å²) >= 11 is 0. The van der Waals surface area contributed by atoms with E-state index in [-0.39, 0.29) is 42.7 Å². The molecule has 0 spiro atoms.